The van der Waals surface area contributed by atoms with Crippen LogP contribution in [0.4, 0.5) is 4.39 Å². The number of benzene rings is 2. The lowest BCUT2D eigenvalue weighted by molar-refractivity contribution is 0.523. The van der Waals surface area contributed by atoms with Crippen molar-refractivity contribution in [2.45, 2.75) is 11.8 Å². The largest absolute Gasteiger partial charge is 0.207 e. The van der Waals surface area contributed by atoms with Crippen LogP contribution in [0.1, 0.15) is 11.1 Å². The summed E-state index contributed by atoms with van der Waals surface area (Å²) < 4.78 is 14.1. The van der Waals surface area contributed by atoms with Crippen LogP contribution in [0.3, 0.4) is 0 Å². The van der Waals surface area contributed by atoms with Gasteiger partial charge in [-0.1, -0.05) is 73.3 Å². The summed E-state index contributed by atoms with van der Waals surface area (Å²) in [5.41, 5.74) is 1.50. The monoisotopic (exact) mass is 452 g/mol. The maximum atomic E-state index is 14.1. The Morgan fingerprint density at radius 3 is 2.00 bits per heavy atom. The van der Waals surface area contributed by atoms with Crippen LogP contribution in [0.5, 0.6) is 0 Å². The Kier molecular flexibility index (Phi) is 6.13. The molecule has 0 atom stereocenters. The fraction of sp³-hybridized carbons (Fsp3) is 0.250. The average Bonchev–Trinajstić information content (AvgIpc) is 2.48. The van der Waals surface area contributed by atoms with Crippen LogP contribution in [0.25, 0.3) is 0 Å². The highest BCUT2D eigenvalue weighted by atomic mass is 79.9. The molecule has 0 saturated heterocycles. The van der Waals surface area contributed by atoms with E-state index >= 15 is 0 Å². The second-order valence-electron chi connectivity index (χ2n) is 4.97. The molecule has 5 heteroatoms. The van der Waals surface area contributed by atoms with Crippen molar-refractivity contribution in [3.05, 3.63) is 69.5 Å². The standard InChI is InChI=1S/C16H13Br2Cl2F/c17-9-16(10-18,12-2-5-13(19)6-3-12)8-11-1-4-14(20)7-15(11)21/h1-7H,8-10H2. The Hall–Kier alpha value is -0.0900. The average molecular weight is 455 g/mol. The minimum atomic E-state index is -0.275. The van der Waals surface area contributed by atoms with Gasteiger partial charge in [0.05, 0.1) is 0 Å². The van der Waals surface area contributed by atoms with E-state index in [2.05, 4.69) is 31.9 Å². The third-order valence-corrected chi connectivity index (χ3v) is 6.15. The van der Waals surface area contributed by atoms with Gasteiger partial charge in [0, 0.05) is 26.1 Å². The van der Waals surface area contributed by atoms with Gasteiger partial charge >= 0.3 is 0 Å². The van der Waals surface area contributed by atoms with Gasteiger partial charge in [-0.05, 0) is 41.8 Å². The molecular weight excluding hydrogens is 442 g/mol. The van der Waals surface area contributed by atoms with Crippen LogP contribution >= 0.6 is 55.1 Å². The summed E-state index contributed by atoms with van der Waals surface area (Å²) in [4.78, 5) is 0. The van der Waals surface area contributed by atoms with Gasteiger partial charge < -0.3 is 0 Å². The molecule has 0 saturated carbocycles. The summed E-state index contributed by atoms with van der Waals surface area (Å²) in [6.07, 6.45) is 0.564. The molecule has 0 aliphatic rings. The molecule has 0 amide bonds. The van der Waals surface area contributed by atoms with Crippen molar-refractivity contribution in [2.24, 2.45) is 0 Å². The van der Waals surface area contributed by atoms with E-state index in [9.17, 15) is 4.39 Å². The first kappa shape index (κ1) is 17.3. The Balaban J connectivity index is 2.40. The second-order valence-corrected chi connectivity index (χ2v) is 6.96. The topological polar surface area (TPSA) is 0 Å². The minimum absolute atomic E-state index is 0.251. The predicted octanol–water partition coefficient (Wildman–Crippen LogP) is 6.40. The molecule has 0 aliphatic heterocycles. The molecule has 0 bridgehead atoms. The Morgan fingerprint density at radius 2 is 1.48 bits per heavy atom. The lowest BCUT2D eigenvalue weighted by Crippen LogP contribution is -2.33. The number of alkyl halides is 2. The third kappa shape index (κ3) is 4.01. The zero-order valence-corrected chi connectivity index (χ0v) is 15.7. The SMILES string of the molecule is Fc1cc(Cl)ccc1CC(CBr)(CBr)c1ccc(Cl)cc1. The van der Waals surface area contributed by atoms with Crippen LogP contribution in [-0.2, 0) is 11.8 Å². The number of halogens is 5. The molecule has 112 valence electrons. The maximum absolute atomic E-state index is 14.1. The highest BCUT2D eigenvalue weighted by molar-refractivity contribution is 9.09. The van der Waals surface area contributed by atoms with Gasteiger partial charge in [0.2, 0.25) is 0 Å². The molecule has 0 aliphatic carbocycles. The highest BCUT2D eigenvalue weighted by Gasteiger charge is 2.31. The van der Waals surface area contributed by atoms with Crippen molar-refractivity contribution in [1.82, 2.24) is 0 Å². The van der Waals surface area contributed by atoms with Gasteiger partial charge in [-0.25, -0.2) is 4.39 Å². The van der Waals surface area contributed by atoms with Crippen molar-refractivity contribution in [3.8, 4) is 0 Å². The number of rotatable bonds is 5. The Morgan fingerprint density at radius 1 is 0.905 bits per heavy atom. The molecule has 0 nitrogen and oxygen atoms in total. The third-order valence-electron chi connectivity index (χ3n) is 3.51. The van der Waals surface area contributed by atoms with Crippen molar-refractivity contribution in [3.63, 3.8) is 0 Å². The summed E-state index contributed by atoms with van der Waals surface area (Å²) in [6.45, 7) is 0. The minimum Gasteiger partial charge on any atom is -0.207 e. The zero-order valence-electron chi connectivity index (χ0n) is 11.1. The van der Waals surface area contributed by atoms with E-state index < -0.39 is 0 Å². The first-order valence-electron chi connectivity index (χ1n) is 6.33. The highest BCUT2D eigenvalue weighted by Crippen LogP contribution is 2.34. The molecular formula is C16H13Br2Cl2F. The summed E-state index contributed by atoms with van der Waals surface area (Å²) in [5.74, 6) is -0.275. The molecule has 0 N–H and O–H groups in total. The predicted molar refractivity (Wildman–Crippen MR) is 95.8 cm³/mol. The number of hydrogen-bond donors (Lipinski definition) is 0. The fourth-order valence-corrected chi connectivity index (χ4v) is 4.48. The van der Waals surface area contributed by atoms with E-state index in [4.69, 9.17) is 23.2 Å². The van der Waals surface area contributed by atoms with E-state index in [1.165, 1.54) is 6.07 Å². The fourth-order valence-electron chi connectivity index (χ4n) is 2.22. The number of hydrogen-bond acceptors (Lipinski definition) is 0. The lowest BCUT2D eigenvalue weighted by Gasteiger charge is -2.31. The molecule has 0 heterocycles. The molecule has 2 rings (SSSR count). The van der Waals surface area contributed by atoms with Crippen molar-refractivity contribution >= 4 is 55.1 Å². The van der Waals surface area contributed by atoms with E-state index in [0.717, 1.165) is 5.56 Å². The van der Waals surface area contributed by atoms with Crippen molar-refractivity contribution < 1.29 is 4.39 Å². The van der Waals surface area contributed by atoms with Gasteiger partial charge in [0.15, 0.2) is 0 Å². The van der Waals surface area contributed by atoms with E-state index in [1.54, 1.807) is 12.1 Å². The first-order valence-corrected chi connectivity index (χ1v) is 9.32. The quantitative estimate of drug-likeness (QED) is 0.458. The zero-order chi connectivity index (χ0) is 15.5. The Labute approximate surface area is 150 Å². The van der Waals surface area contributed by atoms with Gasteiger partial charge in [-0.2, -0.15) is 0 Å². The van der Waals surface area contributed by atoms with Gasteiger partial charge in [-0.3, -0.25) is 0 Å². The molecule has 0 radical (unpaired) electrons. The first-order chi connectivity index (χ1) is 10.0. The second kappa shape index (κ2) is 7.45. The molecule has 0 aromatic heterocycles. The molecule has 0 spiro atoms. The van der Waals surface area contributed by atoms with Crippen LogP contribution in [0.15, 0.2) is 42.5 Å². The smallest absolute Gasteiger partial charge is 0.127 e. The molecule has 21 heavy (non-hydrogen) atoms. The van der Waals surface area contributed by atoms with E-state index in [-0.39, 0.29) is 11.2 Å². The van der Waals surface area contributed by atoms with Gasteiger partial charge in [-0.15, -0.1) is 0 Å². The molecule has 2 aromatic rings. The van der Waals surface area contributed by atoms with Gasteiger partial charge in [0.25, 0.3) is 0 Å². The lowest BCUT2D eigenvalue weighted by atomic mass is 9.79. The summed E-state index contributed by atoms with van der Waals surface area (Å²) in [5, 5.41) is 2.50. The van der Waals surface area contributed by atoms with Crippen LogP contribution < -0.4 is 0 Å². The molecule has 0 unspecified atom stereocenters. The summed E-state index contributed by atoms with van der Waals surface area (Å²) in [7, 11) is 0. The Bertz CT molecular complexity index is 610. The van der Waals surface area contributed by atoms with Crippen molar-refractivity contribution in [2.75, 3.05) is 10.7 Å². The van der Waals surface area contributed by atoms with Gasteiger partial charge in [0.1, 0.15) is 5.82 Å². The molecule has 0 fully saturated rings. The van der Waals surface area contributed by atoms with Crippen molar-refractivity contribution in [1.29, 1.82) is 0 Å². The molecule has 2 aromatic carbocycles. The maximum Gasteiger partial charge on any atom is 0.127 e. The summed E-state index contributed by atoms with van der Waals surface area (Å²) >= 11 is 18.9. The van der Waals surface area contributed by atoms with E-state index in [0.29, 0.717) is 32.7 Å². The normalized spacial score (nSPS) is 11.7. The van der Waals surface area contributed by atoms with Crippen LogP contribution in [0.2, 0.25) is 10.0 Å². The summed E-state index contributed by atoms with van der Waals surface area (Å²) in [6, 6.07) is 12.5. The van der Waals surface area contributed by atoms with E-state index in [1.807, 2.05) is 24.3 Å². The van der Waals surface area contributed by atoms with Crippen LogP contribution in [-0.4, -0.2) is 10.7 Å². The van der Waals surface area contributed by atoms with Crippen LogP contribution in [0, 0.1) is 5.82 Å².